The molecule has 2 aromatic carbocycles. The molecule has 1 unspecified atom stereocenters. The van der Waals surface area contributed by atoms with Gasteiger partial charge in [-0.1, -0.05) is 12.1 Å². The van der Waals surface area contributed by atoms with Crippen LogP contribution in [-0.4, -0.2) is 62.5 Å². The molecule has 32 heavy (non-hydrogen) atoms. The molecule has 3 aromatic rings. The number of imidazole rings is 1. The number of methoxy groups -OCH3 is 2. The third kappa shape index (κ3) is 5.07. The van der Waals surface area contributed by atoms with Crippen molar-refractivity contribution in [1.82, 2.24) is 20.2 Å². The van der Waals surface area contributed by atoms with E-state index < -0.39 is 0 Å². The summed E-state index contributed by atoms with van der Waals surface area (Å²) in [5, 5.41) is 7.01. The van der Waals surface area contributed by atoms with Crippen molar-refractivity contribution in [2.75, 3.05) is 45.8 Å². The van der Waals surface area contributed by atoms with Gasteiger partial charge in [0.05, 0.1) is 31.6 Å². The van der Waals surface area contributed by atoms with E-state index in [1.54, 1.807) is 14.2 Å². The van der Waals surface area contributed by atoms with Gasteiger partial charge in [-0.25, -0.2) is 4.98 Å². The van der Waals surface area contributed by atoms with E-state index in [1.807, 2.05) is 31.6 Å². The molecule has 1 aliphatic rings. The maximum atomic E-state index is 5.41. The molecule has 0 spiro atoms. The number of anilines is 1. The lowest BCUT2D eigenvalue weighted by Crippen LogP contribution is -2.45. The van der Waals surface area contributed by atoms with Crippen molar-refractivity contribution in [1.29, 1.82) is 0 Å². The molecule has 8 heteroatoms. The summed E-state index contributed by atoms with van der Waals surface area (Å²) in [5.41, 5.74) is 3.33. The number of hydrogen-bond donors (Lipinski definition) is 2. The Bertz CT molecular complexity index is 1040. The van der Waals surface area contributed by atoms with Gasteiger partial charge in [0, 0.05) is 63.2 Å². The highest BCUT2D eigenvalue weighted by molar-refractivity contribution is 5.80. The van der Waals surface area contributed by atoms with Crippen LogP contribution in [0.15, 0.2) is 53.8 Å². The molecule has 4 rings (SSSR count). The van der Waals surface area contributed by atoms with Crippen LogP contribution in [0.2, 0.25) is 0 Å². The molecule has 8 nitrogen and oxygen atoms in total. The van der Waals surface area contributed by atoms with Gasteiger partial charge in [-0.3, -0.25) is 4.99 Å². The molecule has 1 aliphatic heterocycles. The fraction of sp³-hybridized carbons (Fsp3) is 0.417. The van der Waals surface area contributed by atoms with Gasteiger partial charge in [0.1, 0.15) is 11.5 Å². The number of para-hydroxylation sites is 2. The van der Waals surface area contributed by atoms with Crippen LogP contribution in [0, 0.1) is 0 Å². The number of benzene rings is 2. The molecule has 1 saturated heterocycles. The summed E-state index contributed by atoms with van der Waals surface area (Å²) in [5.74, 6) is 2.45. The van der Waals surface area contributed by atoms with Gasteiger partial charge in [-0.2, -0.15) is 0 Å². The second-order valence-electron chi connectivity index (χ2n) is 7.93. The number of nitrogens with one attached hydrogen (secondary N) is 2. The first-order valence-electron chi connectivity index (χ1n) is 11.0. The van der Waals surface area contributed by atoms with E-state index in [1.165, 1.54) is 5.52 Å². The third-order valence-electron chi connectivity index (χ3n) is 5.85. The van der Waals surface area contributed by atoms with Crippen molar-refractivity contribution < 1.29 is 9.47 Å². The summed E-state index contributed by atoms with van der Waals surface area (Å²) in [6.45, 7) is 3.63. The molecule has 0 amide bonds. The minimum absolute atomic E-state index is 0.330. The molecule has 0 radical (unpaired) electrons. The average molecular weight is 437 g/mol. The van der Waals surface area contributed by atoms with Gasteiger partial charge in [0.2, 0.25) is 0 Å². The van der Waals surface area contributed by atoms with Crippen molar-refractivity contribution in [3.8, 4) is 11.5 Å². The molecular formula is C24H32N6O2. The van der Waals surface area contributed by atoms with Gasteiger partial charge >= 0.3 is 0 Å². The standard InChI is InChI=1S/C24H32N6O2/c1-25-24(26-10-6-11-30-17-27-22-7-4-5-8-23(22)30)28-18-9-12-29(16-18)19-13-20(31-2)15-21(14-19)32-3/h4-5,7-8,13-15,17-18H,6,9-12,16H2,1-3H3,(H2,25,26,28). The summed E-state index contributed by atoms with van der Waals surface area (Å²) >= 11 is 0. The fourth-order valence-corrected chi connectivity index (χ4v) is 4.12. The number of ether oxygens (including phenoxy) is 2. The normalized spacial score (nSPS) is 16.4. The molecular weight excluding hydrogens is 404 g/mol. The summed E-state index contributed by atoms with van der Waals surface area (Å²) in [6, 6.07) is 14.6. The van der Waals surface area contributed by atoms with Crippen LogP contribution in [0.3, 0.4) is 0 Å². The van der Waals surface area contributed by atoms with Crippen LogP contribution >= 0.6 is 0 Å². The minimum atomic E-state index is 0.330. The quantitative estimate of drug-likeness (QED) is 0.321. The summed E-state index contributed by atoms with van der Waals surface area (Å²) in [6.07, 6.45) is 3.95. The van der Waals surface area contributed by atoms with E-state index in [4.69, 9.17) is 9.47 Å². The van der Waals surface area contributed by atoms with Gasteiger partial charge in [0.25, 0.3) is 0 Å². The predicted molar refractivity (Wildman–Crippen MR) is 129 cm³/mol. The van der Waals surface area contributed by atoms with E-state index in [-0.39, 0.29) is 0 Å². The summed E-state index contributed by atoms with van der Waals surface area (Å²) in [7, 11) is 5.17. The Morgan fingerprint density at radius 2 is 1.94 bits per heavy atom. The monoisotopic (exact) mass is 436 g/mol. The molecule has 0 bridgehead atoms. The number of guanidine groups is 1. The Morgan fingerprint density at radius 1 is 1.16 bits per heavy atom. The lowest BCUT2D eigenvalue weighted by Gasteiger charge is -2.21. The molecule has 1 aromatic heterocycles. The summed E-state index contributed by atoms with van der Waals surface area (Å²) < 4.78 is 13.0. The molecule has 0 saturated carbocycles. The topological polar surface area (TPSA) is 75.9 Å². The maximum absolute atomic E-state index is 5.41. The number of aromatic nitrogens is 2. The molecule has 2 N–H and O–H groups in total. The van der Waals surface area contributed by atoms with E-state index >= 15 is 0 Å². The largest absolute Gasteiger partial charge is 0.497 e. The number of rotatable bonds is 8. The zero-order valence-corrected chi connectivity index (χ0v) is 19.0. The van der Waals surface area contributed by atoms with Crippen molar-refractivity contribution >= 4 is 22.7 Å². The van der Waals surface area contributed by atoms with Crippen LogP contribution in [0.4, 0.5) is 5.69 Å². The Morgan fingerprint density at radius 3 is 2.69 bits per heavy atom. The Balaban J connectivity index is 1.25. The number of hydrogen-bond acceptors (Lipinski definition) is 5. The molecule has 1 atom stereocenters. The second-order valence-corrected chi connectivity index (χ2v) is 7.93. The lowest BCUT2D eigenvalue weighted by molar-refractivity contribution is 0.394. The average Bonchev–Trinajstić information content (AvgIpc) is 3.48. The zero-order chi connectivity index (χ0) is 22.3. The summed E-state index contributed by atoms with van der Waals surface area (Å²) in [4.78, 5) is 11.2. The molecule has 2 heterocycles. The van der Waals surface area contributed by atoms with Crippen LogP contribution < -0.4 is 25.0 Å². The molecule has 170 valence electrons. The van der Waals surface area contributed by atoms with Crippen molar-refractivity contribution in [2.45, 2.75) is 25.4 Å². The van der Waals surface area contributed by atoms with E-state index in [0.717, 1.165) is 67.7 Å². The van der Waals surface area contributed by atoms with Crippen LogP contribution in [0.1, 0.15) is 12.8 Å². The highest BCUT2D eigenvalue weighted by atomic mass is 16.5. The van der Waals surface area contributed by atoms with Crippen LogP contribution in [0.5, 0.6) is 11.5 Å². The van der Waals surface area contributed by atoms with Gasteiger partial charge < -0.3 is 29.6 Å². The highest BCUT2D eigenvalue weighted by Crippen LogP contribution is 2.30. The van der Waals surface area contributed by atoms with Gasteiger partial charge in [-0.05, 0) is 25.0 Å². The van der Waals surface area contributed by atoms with Gasteiger partial charge in [0.15, 0.2) is 5.96 Å². The number of nitrogens with zero attached hydrogens (tertiary/aromatic N) is 4. The SMILES string of the molecule is CN=C(NCCCn1cnc2ccccc21)NC1CCN(c2cc(OC)cc(OC)c2)C1. The zero-order valence-electron chi connectivity index (χ0n) is 19.0. The van der Waals surface area contributed by atoms with E-state index in [2.05, 4.69) is 54.3 Å². The first-order chi connectivity index (χ1) is 15.7. The first kappa shape index (κ1) is 21.8. The highest BCUT2D eigenvalue weighted by Gasteiger charge is 2.24. The fourth-order valence-electron chi connectivity index (χ4n) is 4.12. The van der Waals surface area contributed by atoms with Gasteiger partial charge in [-0.15, -0.1) is 0 Å². The lowest BCUT2D eigenvalue weighted by atomic mass is 10.2. The number of aryl methyl sites for hydroxylation is 1. The Hall–Kier alpha value is -3.42. The van der Waals surface area contributed by atoms with Crippen LogP contribution in [-0.2, 0) is 6.54 Å². The van der Waals surface area contributed by atoms with Crippen molar-refractivity contribution in [3.63, 3.8) is 0 Å². The van der Waals surface area contributed by atoms with E-state index in [9.17, 15) is 0 Å². The van der Waals surface area contributed by atoms with Crippen molar-refractivity contribution in [3.05, 3.63) is 48.8 Å². The number of fused-ring (bicyclic) bond motifs is 1. The Kier molecular flexibility index (Phi) is 6.99. The first-order valence-corrected chi connectivity index (χ1v) is 11.0. The molecule has 1 fully saturated rings. The van der Waals surface area contributed by atoms with E-state index in [0.29, 0.717) is 6.04 Å². The predicted octanol–water partition coefficient (Wildman–Crippen LogP) is 2.89. The number of aliphatic imine (C=N–C) groups is 1. The minimum Gasteiger partial charge on any atom is -0.497 e. The maximum Gasteiger partial charge on any atom is 0.191 e. The van der Waals surface area contributed by atoms with Crippen molar-refractivity contribution in [2.24, 2.45) is 4.99 Å². The second kappa shape index (κ2) is 10.3. The molecule has 0 aliphatic carbocycles. The smallest absolute Gasteiger partial charge is 0.191 e. The third-order valence-corrected chi connectivity index (χ3v) is 5.85. The Labute approximate surface area is 189 Å². The van der Waals surface area contributed by atoms with Crippen LogP contribution in [0.25, 0.3) is 11.0 Å².